The first-order valence-corrected chi connectivity index (χ1v) is 9.38. The molecule has 0 saturated carbocycles. The summed E-state index contributed by atoms with van der Waals surface area (Å²) in [4.78, 5) is 2.54. The quantitative estimate of drug-likeness (QED) is 0.790. The summed E-state index contributed by atoms with van der Waals surface area (Å²) in [5, 5.41) is 4.18. The van der Waals surface area contributed by atoms with E-state index in [0.29, 0.717) is 24.6 Å². The molecule has 0 radical (unpaired) electrons. The lowest BCUT2D eigenvalue weighted by Crippen LogP contribution is -2.45. The Morgan fingerprint density at radius 2 is 2.04 bits per heavy atom. The summed E-state index contributed by atoms with van der Waals surface area (Å²) in [6.45, 7) is 3.33. The summed E-state index contributed by atoms with van der Waals surface area (Å²) in [5.74, 6) is 0.130. The minimum Gasteiger partial charge on any atom is -0.374 e. The molecular weight excluding hydrogens is 314 g/mol. The number of benzene rings is 1. The third-order valence-electron chi connectivity index (χ3n) is 3.95. The van der Waals surface area contributed by atoms with E-state index in [9.17, 15) is 8.42 Å². The van der Waals surface area contributed by atoms with E-state index in [1.165, 1.54) is 0 Å². The van der Waals surface area contributed by atoms with Crippen molar-refractivity contribution in [3.05, 3.63) is 48.8 Å². The zero-order chi connectivity index (χ0) is 16.1. The Labute approximate surface area is 136 Å². The first-order valence-electron chi connectivity index (χ1n) is 7.73. The maximum atomic E-state index is 12.3. The Kier molecular flexibility index (Phi) is 5.09. The Balaban J connectivity index is 1.54. The molecule has 1 aliphatic heterocycles. The molecule has 7 heteroatoms. The zero-order valence-electron chi connectivity index (χ0n) is 12.9. The van der Waals surface area contributed by atoms with Gasteiger partial charge in [0.1, 0.15) is 0 Å². The Morgan fingerprint density at radius 1 is 1.22 bits per heavy atom. The summed E-state index contributed by atoms with van der Waals surface area (Å²) in [6.07, 6.45) is 3.69. The van der Waals surface area contributed by atoms with E-state index in [0.717, 1.165) is 13.1 Å². The molecule has 23 heavy (non-hydrogen) atoms. The molecule has 3 rings (SSSR count). The van der Waals surface area contributed by atoms with Crippen molar-refractivity contribution in [1.29, 1.82) is 0 Å². The van der Waals surface area contributed by atoms with E-state index in [1.807, 2.05) is 23.0 Å². The van der Waals surface area contributed by atoms with Crippen LogP contribution in [0.3, 0.4) is 0 Å². The van der Waals surface area contributed by atoms with Crippen molar-refractivity contribution in [2.45, 2.75) is 17.5 Å². The van der Waals surface area contributed by atoms with Crippen molar-refractivity contribution < 1.29 is 13.2 Å². The fourth-order valence-electron chi connectivity index (χ4n) is 2.71. The van der Waals surface area contributed by atoms with Crippen molar-refractivity contribution in [2.75, 3.05) is 32.0 Å². The van der Waals surface area contributed by atoms with Crippen LogP contribution in [0.2, 0.25) is 0 Å². The molecule has 124 valence electrons. The van der Waals surface area contributed by atoms with Gasteiger partial charge in [-0.25, -0.2) is 8.42 Å². The van der Waals surface area contributed by atoms with Gasteiger partial charge >= 0.3 is 0 Å². The monoisotopic (exact) mass is 335 g/mol. The van der Waals surface area contributed by atoms with Gasteiger partial charge in [0.05, 0.1) is 29.9 Å². The smallest absolute Gasteiger partial charge is 0.179 e. The third-order valence-corrected chi connectivity index (χ3v) is 5.66. The number of sulfone groups is 1. The summed E-state index contributed by atoms with van der Waals surface area (Å²) >= 11 is 0. The molecule has 6 nitrogen and oxygen atoms in total. The number of ether oxygens (including phenoxy) is 1. The van der Waals surface area contributed by atoms with Crippen LogP contribution < -0.4 is 0 Å². The fraction of sp³-hybridized carbons (Fsp3) is 0.438. The summed E-state index contributed by atoms with van der Waals surface area (Å²) in [5.41, 5.74) is 0. The predicted molar refractivity (Wildman–Crippen MR) is 86.9 cm³/mol. The largest absolute Gasteiger partial charge is 0.374 e. The molecule has 2 heterocycles. The number of morpholine rings is 1. The van der Waals surface area contributed by atoms with Crippen LogP contribution in [0, 0.1) is 0 Å². The molecule has 0 unspecified atom stereocenters. The topological polar surface area (TPSA) is 64.4 Å². The van der Waals surface area contributed by atoms with E-state index in [4.69, 9.17) is 4.74 Å². The zero-order valence-corrected chi connectivity index (χ0v) is 13.7. The van der Waals surface area contributed by atoms with E-state index < -0.39 is 9.84 Å². The van der Waals surface area contributed by atoms with Crippen LogP contribution in [0.25, 0.3) is 0 Å². The van der Waals surface area contributed by atoms with Crippen LogP contribution in [0.4, 0.5) is 0 Å². The van der Waals surface area contributed by atoms with Gasteiger partial charge in [-0.3, -0.25) is 9.58 Å². The molecule has 0 bridgehead atoms. The number of nitrogens with zero attached hydrogens (tertiary/aromatic N) is 3. The molecule has 1 aromatic heterocycles. The van der Waals surface area contributed by atoms with Crippen LogP contribution in [-0.2, 0) is 21.1 Å². The van der Waals surface area contributed by atoms with Gasteiger partial charge < -0.3 is 4.74 Å². The number of hydrogen-bond acceptors (Lipinski definition) is 5. The van der Waals surface area contributed by atoms with Crippen LogP contribution in [-0.4, -0.2) is 61.2 Å². The van der Waals surface area contributed by atoms with E-state index >= 15 is 0 Å². The molecule has 0 aliphatic carbocycles. The van der Waals surface area contributed by atoms with Crippen molar-refractivity contribution in [2.24, 2.45) is 0 Å². The SMILES string of the molecule is O=S(=O)(CCN1CCO[C@@H](Cn2cccn2)C1)c1ccccc1. The molecule has 0 N–H and O–H groups in total. The summed E-state index contributed by atoms with van der Waals surface area (Å²) < 4.78 is 32.3. The van der Waals surface area contributed by atoms with Gasteiger partial charge in [0, 0.05) is 32.0 Å². The van der Waals surface area contributed by atoms with Gasteiger partial charge in [-0.1, -0.05) is 18.2 Å². The molecular formula is C16H21N3O3S. The Bertz CT molecular complexity index is 701. The van der Waals surface area contributed by atoms with Gasteiger partial charge in [0.15, 0.2) is 9.84 Å². The van der Waals surface area contributed by atoms with Crippen molar-refractivity contribution in [3.8, 4) is 0 Å². The third kappa shape index (κ3) is 4.40. The van der Waals surface area contributed by atoms with Crippen LogP contribution in [0.15, 0.2) is 53.7 Å². The maximum Gasteiger partial charge on any atom is 0.179 e. The number of rotatable bonds is 6. The minimum atomic E-state index is -3.23. The highest BCUT2D eigenvalue weighted by Crippen LogP contribution is 2.12. The average Bonchev–Trinajstić information content (AvgIpc) is 3.07. The second-order valence-electron chi connectivity index (χ2n) is 5.65. The average molecular weight is 335 g/mol. The Hall–Kier alpha value is -1.70. The van der Waals surface area contributed by atoms with Gasteiger partial charge in [-0.15, -0.1) is 0 Å². The van der Waals surface area contributed by atoms with Crippen LogP contribution >= 0.6 is 0 Å². The van der Waals surface area contributed by atoms with Crippen LogP contribution in [0.1, 0.15) is 0 Å². The van der Waals surface area contributed by atoms with Gasteiger partial charge in [-0.05, 0) is 18.2 Å². The standard InChI is InChI=1S/C16H21N3O3S/c20-23(21,16-5-2-1-3-6-16)12-10-18-9-11-22-15(13-18)14-19-8-4-7-17-19/h1-8,15H,9-14H2/t15-/m1/s1. The first-order chi connectivity index (χ1) is 11.1. The second-order valence-corrected chi connectivity index (χ2v) is 7.76. The number of hydrogen-bond donors (Lipinski definition) is 0. The fourth-order valence-corrected chi connectivity index (χ4v) is 4.01. The van der Waals surface area contributed by atoms with Crippen molar-refractivity contribution in [3.63, 3.8) is 0 Å². The molecule has 1 saturated heterocycles. The lowest BCUT2D eigenvalue weighted by Gasteiger charge is -2.32. The molecule has 0 amide bonds. The normalized spacial score (nSPS) is 19.7. The molecule has 1 aliphatic rings. The summed E-state index contributed by atoms with van der Waals surface area (Å²) in [6, 6.07) is 10.5. The first kappa shape index (κ1) is 16.2. The molecule has 1 atom stereocenters. The second kappa shape index (κ2) is 7.25. The number of aromatic nitrogens is 2. The predicted octanol–water partition coefficient (Wildman–Crippen LogP) is 1.06. The highest BCUT2D eigenvalue weighted by molar-refractivity contribution is 7.91. The Morgan fingerprint density at radius 3 is 2.78 bits per heavy atom. The van der Waals surface area contributed by atoms with Crippen molar-refractivity contribution in [1.82, 2.24) is 14.7 Å². The van der Waals surface area contributed by atoms with Gasteiger partial charge in [-0.2, -0.15) is 5.10 Å². The summed E-state index contributed by atoms with van der Waals surface area (Å²) in [7, 11) is -3.23. The van der Waals surface area contributed by atoms with Crippen molar-refractivity contribution >= 4 is 9.84 Å². The van der Waals surface area contributed by atoms with E-state index in [2.05, 4.69) is 10.00 Å². The molecule has 1 aromatic carbocycles. The molecule has 0 spiro atoms. The van der Waals surface area contributed by atoms with Gasteiger partial charge in [0.2, 0.25) is 0 Å². The lowest BCUT2D eigenvalue weighted by molar-refractivity contribution is -0.0355. The highest BCUT2D eigenvalue weighted by atomic mass is 32.2. The maximum absolute atomic E-state index is 12.3. The van der Waals surface area contributed by atoms with Gasteiger partial charge in [0.25, 0.3) is 0 Å². The van der Waals surface area contributed by atoms with Crippen LogP contribution in [0.5, 0.6) is 0 Å². The van der Waals surface area contributed by atoms with E-state index in [1.54, 1.807) is 30.5 Å². The molecule has 2 aromatic rings. The minimum absolute atomic E-state index is 0.0445. The highest BCUT2D eigenvalue weighted by Gasteiger charge is 2.23. The lowest BCUT2D eigenvalue weighted by atomic mass is 10.2. The molecule has 1 fully saturated rings. The van der Waals surface area contributed by atoms with E-state index in [-0.39, 0.29) is 11.9 Å².